The van der Waals surface area contributed by atoms with Crippen LogP contribution in [-0.2, 0) is 11.3 Å². The molecule has 21 heavy (non-hydrogen) atoms. The Morgan fingerprint density at radius 3 is 2.43 bits per heavy atom. The Balaban J connectivity index is 0.00000220. The lowest BCUT2D eigenvalue weighted by Crippen LogP contribution is -2.35. The van der Waals surface area contributed by atoms with Gasteiger partial charge >= 0.3 is 0 Å². The summed E-state index contributed by atoms with van der Waals surface area (Å²) < 4.78 is 0. The minimum atomic E-state index is 0. The van der Waals surface area contributed by atoms with Crippen molar-refractivity contribution in [3.8, 4) is 0 Å². The smallest absolute Gasteiger partial charge is 0.236 e. The molecular weight excluding hydrogens is 284 g/mol. The van der Waals surface area contributed by atoms with E-state index in [1.165, 1.54) is 24.0 Å². The summed E-state index contributed by atoms with van der Waals surface area (Å²) in [7, 11) is 1.87. The molecule has 1 aromatic rings. The third kappa shape index (κ3) is 6.06. The van der Waals surface area contributed by atoms with Crippen LogP contribution in [0.1, 0.15) is 43.7 Å². The first kappa shape index (κ1) is 18.0. The second-order valence-electron chi connectivity index (χ2n) is 6.22. The zero-order valence-corrected chi connectivity index (χ0v) is 14.1. The number of halogens is 1. The van der Waals surface area contributed by atoms with Crippen LogP contribution in [0, 0.1) is 5.92 Å². The van der Waals surface area contributed by atoms with Gasteiger partial charge < -0.3 is 10.2 Å². The highest BCUT2D eigenvalue weighted by atomic mass is 35.5. The molecule has 1 aliphatic rings. The highest BCUT2D eigenvalue weighted by Crippen LogP contribution is 2.27. The summed E-state index contributed by atoms with van der Waals surface area (Å²) in [5, 5.41) is 3.25. The molecule has 118 valence electrons. The number of likely N-dealkylation sites (N-methyl/N-ethyl adjacent to an activating group) is 1. The highest BCUT2D eigenvalue weighted by Gasteiger charge is 2.21. The number of carbonyl (C=O) groups excluding carboxylic acids is 1. The van der Waals surface area contributed by atoms with Crippen molar-refractivity contribution in [1.29, 1.82) is 0 Å². The number of amides is 1. The Hall–Kier alpha value is -1.06. The Bertz CT molecular complexity index is 441. The topological polar surface area (TPSA) is 32.3 Å². The molecule has 0 bridgehead atoms. The van der Waals surface area contributed by atoms with Crippen LogP contribution in [-0.4, -0.2) is 30.9 Å². The van der Waals surface area contributed by atoms with Gasteiger partial charge in [-0.15, -0.1) is 12.4 Å². The van der Waals surface area contributed by atoms with E-state index in [1.807, 2.05) is 7.05 Å². The van der Waals surface area contributed by atoms with E-state index in [4.69, 9.17) is 0 Å². The van der Waals surface area contributed by atoms with Crippen molar-refractivity contribution >= 4 is 18.3 Å². The van der Waals surface area contributed by atoms with E-state index in [-0.39, 0.29) is 18.3 Å². The van der Waals surface area contributed by atoms with Crippen molar-refractivity contribution in [2.45, 2.75) is 39.2 Å². The molecule has 0 heterocycles. The van der Waals surface area contributed by atoms with E-state index in [1.54, 1.807) is 4.90 Å². The van der Waals surface area contributed by atoms with Crippen molar-refractivity contribution in [3.05, 3.63) is 35.4 Å². The van der Waals surface area contributed by atoms with Crippen LogP contribution in [0.4, 0.5) is 0 Å². The maximum atomic E-state index is 12.0. The van der Waals surface area contributed by atoms with Crippen LogP contribution < -0.4 is 5.32 Å². The lowest BCUT2D eigenvalue weighted by atomic mass is 10.0. The third-order valence-corrected chi connectivity index (χ3v) is 3.90. The van der Waals surface area contributed by atoms with E-state index >= 15 is 0 Å². The van der Waals surface area contributed by atoms with E-state index in [2.05, 4.69) is 43.4 Å². The molecule has 2 rings (SSSR count). The molecule has 3 nitrogen and oxygen atoms in total. The number of rotatable bonds is 7. The van der Waals surface area contributed by atoms with Gasteiger partial charge in [-0.2, -0.15) is 0 Å². The molecule has 1 amide bonds. The Morgan fingerprint density at radius 1 is 1.29 bits per heavy atom. The number of carbonyl (C=O) groups is 1. The van der Waals surface area contributed by atoms with Crippen LogP contribution in [0.2, 0.25) is 0 Å². The first-order valence-corrected chi connectivity index (χ1v) is 7.59. The lowest BCUT2D eigenvalue weighted by molar-refractivity contribution is -0.129. The van der Waals surface area contributed by atoms with Crippen molar-refractivity contribution in [1.82, 2.24) is 10.2 Å². The molecule has 1 saturated carbocycles. The summed E-state index contributed by atoms with van der Waals surface area (Å²) in [6.45, 7) is 6.51. The second kappa shape index (κ2) is 8.40. The summed E-state index contributed by atoms with van der Waals surface area (Å²) in [6.07, 6.45) is 2.64. The first-order chi connectivity index (χ1) is 9.56. The molecule has 0 unspecified atom stereocenters. The number of nitrogens with one attached hydrogen (secondary N) is 1. The molecular formula is C17H27ClN2O. The monoisotopic (exact) mass is 310 g/mol. The van der Waals surface area contributed by atoms with Gasteiger partial charge in [0.25, 0.3) is 0 Å². The lowest BCUT2D eigenvalue weighted by Gasteiger charge is -2.18. The summed E-state index contributed by atoms with van der Waals surface area (Å²) in [6, 6.07) is 8.56. The van der Waals surface area contributed by atoms with E-state index in [0.717, 1.165) is 12.5 Å². The van der Waals surface area contributed by atoms with Crippen LogP contribution in [0.25, 0.3) is 0 Å². The quantitative estimate of drug-likeness (QED) is 0.839. The molecule has 1 N–H and O–H groups in total. The van der Waals surface area contributed by atoms with Gasteiger partial charge in [-0.25, -0.2) is 0 Å². The van der Waals surface area contributed by atoms with Gasteiger partial charge in [0.2, 0.25) is 5.91 Å². The van der Waals surface area contributed by atoms with Gasteiger partial charge in [-0.1, -0.05) is 38.1 Å². The zero-order chi connectivity index (χ0) is 14.5. The molecule has 1 aromatic carbocycles. The third-order valence-electron chi connectivity index (χ3n) is 3.90. The van der Waals surface area contributed by atoms with Crippen molar-refractivity contribution < 1.29 is 4.79 Å². The molecule has 0 atom stereocenters. The summed E-state index contributed by atoms with van der Waals surface area (Å²) in [4.78, 5) is 13.8. The number of benzene rings is 1. The number of hydrogen-bond acceptors (Lipinski definition) is 2. The summed E-state index contributed by atoms with van der Waals surface area (Å²) in [5.41, 5.74) is 2.53. The maximum absolute atomic E-state index is 12.0. The predicted octanol–water partition coefficient (Wildman–Crippen LogP) is 3.19. The fourth-order valence-corrected chi connectivity index (χ4v) is 2.21. The summed E-state index contributed by atoms with van der Waals surface area (Å²) >= 11 is 0. The maximum Gasteiger partial charge on any atom is 0.236 e. The van der Waals surface area contributed by atoms with Crippen LogP contribution >= 0.6 is 12.4 Å². The van der Waals surface area contributed by atoms with Gasteiger partial charge in [0, 0.05) is 13.6 Å². The average molecular weight is 311 g/mol. The molecule has 1 fully saturated rings. The van der Waals surface area contributed by atoms with Gasteiger partial charge in [-0.05, 0) is 42.3 Å². The van der Waals surface area contributed by atoms with E-state index < -0.39 is 0 Å². The number of hydrogen-bond donors (Lipinski definition) is 1. The minimum absolute atomic E-state index is 0. The summed E-state index contributed by atoms with van der Waals surface area (Å²) in [5.74, 6) is 1.53. The average Bonchev–Trinajstić information content (AvgIpc) is 3.23. The second-order valence-corrected chi connectivity index (χ2v) is 6.22. The predicted molar refractivity (Wildman–Crippen MR) is 89.8 cm³/mol. The fourth-order valence-electron chi connectivity index (χ4n) is 2.21. The standard InChI is InChI=1S/C17H26N2O.ClH/c1-13(2)16-8-6-15(7-9-16)12-19(3)17(20)11-18-10-14-4-5-14;/h6-9,13-14,18H,4-5,10-12H2,1-3H3;1H. The van der Waals surface area contributed by atoms with E-state index in [9.17, 15) is 4.79 Å². The van der Waals surface area contributed by atoms with E-state index in [0.29, 0.717) is 19.0 Å². The Labute approximate surface area is 134 Å². The van der Waals surface area contributed by atoms with Gasteiger partial charge in [-0.3, -0.25) is 4.79 Å². The van der Waals surface area contributed by atoms with Crippen molar-refractivity contribution in [2.24, 2.45) is 5.92 Å². The molecule has 0 aliphatic heterocycles. The molecule has 0 radical (unpaired) electrons. The molecule has 0 saturated heterocycles. The minimum Gasteiger partial charge on any atom is -0.340 e. The van der Waals surface area contributed by atoms with Crippen molar-refractivity contribution in [2.75, 3.05) is 20.1 Å². The molecule has 0 aromatic heterocycles. The van der Waals surface area contributed by atoms with Gasteiger partial charge in [0.1, 0.15) is 0 Å². The Morgan fingerprint density at radius 2 is 1.90 bits per heavy atom. The molecule has 0 spiro atoms. The van der Waals surface area contributed by atoms with Crippen LogP contribution in [0.15, 0.2) is 24.3 Å². The van der Waals surface area contributed by atoms with Crippen LogP contribution in [0.5, 0.6) is 0 Å². The molecule has 4 heteroatoms. The SMILES string of the molecule is CC(C)c1ccc(CN(C)C(=O)CNCC2CC2)cc1.Cl. The fraction of sp³-hybridized carbons (Fsp3) is 0.588. The largest absolute Gasteiger partial charge is 0.340 e. The highest BCUT2D eigenvalue weighted by molar-refractivity contribution is 5.85. The van der Waals surface area contributed by atoms with Crippen LogP contribution in [0.3, 0.4) is 0 Å². The van der Waals surface area contributed by atoms with Gasteiger partial charge in [0.05, 0.1) is 6.54 Å². The number of nitrogens with zero attached hydrogens (tertiary/aromatic N) is 1. The normalized spacial score (nSPS) is 13.9. The zero-order valence-electron chi connectivity index (χ0n) is 13.3. The molecule has 1 aliphatic carbocycles. The Kier molecular flexibility index (Phi) is 7.20. The van der Waals surface area contributed by atoms with Gasteiger partial charge in [0.15, 0.2) is 0 Å². The van der Waals surface area contributed by atoms with Crippen molar-refractivity contribution in [3.63, 3.8) is 0 Å². The first-order valence-electron chi connectivity index (χ1n) is 7.59.